The standard InChI is InChI=1S/C26H22N4O6S/c1-4-28-18-12-7-6-11-17(18)20(23(28)31)22-24(32)29-21(15-9-8-10-16(13-15)30(34)35)19(25(33)36-5-2)14(3)27-26(29)37-22/h6-13,21H,4-5H2,1-3H3/b22-20-/t21-/m1/s1. The van der Waals surface area contributed by atoms with Crippen LogP contribution in [0.2, 0.25) is 0 Å². The van der Waals surface area contributed by atoms with Crippen LogP contribution in [-0.2, 0) is 14.3 Å². The molecule has 37 heavy (non-hydrogen) atoms. The Bertz CT molecular complexity index is 1700. The molecular weight excluding hydrogens is 496 g/mol. The number of hydrogen-bond donors (Lipinski definition) is 0. The van der Waals surface area contributed by atoms with Gasteiger partial charge in [0.15, 0.2) is 4.80 Å². The smallest absolute Gasteiger partial charge is 0.338 e. The quantitative estimate of drug-likeness (QED) is 0.290. The van der Waals surface area contributed by atoms with Crippen molar-refractivity contribution in [1.82, 2.24) is 4.57 Å². The van der Waals surface area contributed by atoms with Gasteiger partial charge in [-0.3, -0.25) is 24.3 Å². The fraction of sp³-hybridized carbons (Fsp3) is 0.231. The minimum absolute atomic E-state index is 0.101. The second kappa shape index (κ2) is 9.25. The largest absolute Gasteiger partial charge is 0.463 e. The minimum Gasteiger partial charge on any atom is -0.463 e. The Kier molecular flexibility index (Phi) is 6.08. The van der Waals surface area contributed by atoms with E-state index in [0.29, 0.717) is 23.4 Å². The zero-order valence-electron chi connectivity index (χ0n) is 20.3. The van der Waals surface area contributed by atoms with Crippen molar-refractivity contribution in [2.45, 2.75) is 26.8 Å². The second-order valence-corrected chi connectivity index (χ2v) is 9.39. The molecule has 2 aromatic carbocycles. The van der Waals surface area contributed by atoms with Gasteiger partial charge < -0.3 is 9.64 Å². The van der Waals surface area contributed by atoms with Crippen molar-refractivity contribution < 1.29 is 19.2 Å². The molecular formula is C26H22N4O6S. The molecule has 188 valence electrons. The highest BCUT2D eigenvalue weighted by atomic mass is 32.1. The van der Waals surface area contributed by atoms with E-state index in [1.165, 1.54) is 22.8 Å². The molecule has 0 fully saturated rings. The topological polar surface area (TPSA) is 124 Å². The number of hydrogen-bond acceptors (Lipinski definition) is 8. The van der Waals surface area contributed by atoms with Crippen LogP contribution in [0.4, 0.5) is 11.4 Å². The van der Waals surface area contributed by atoms with E-state index in [1.807, 2.05) is 19.1 Å². The molecule has 3 aromatic rings. The van der Waals surface area contributed by atoms with Crippen molar-refractivity contribution in [1.29, 1.82) is 0 Å². The van der Waals surface area contributed by atoms with Crippen LogP contribution in [0, 0.1) is 10.1 Å². The highest BCUT2D eigenvalue weighted by Crippen LogP contribution is 2.35. The zero-order chi connectivity index (χ0) is 26.4. The normalized spacial score (nSPS) is 17.9. The molecule has 5 rings (SSSR count). The van der Waals surface area contributed by atoms with Gasteiger partial charge in [0.25, 0.3) is 17.2 Å². The number of ether oxygens (including phenoxy) is 1. The van der Waals surface area contributed by atoms with Crippen LogP contribution >= 0.6 is 11.3 Å². The summed E-state index contributed by atoms with van der Waals surface area (Å²) in [4.78, 5) is 57.8. The van der Waals surface area contributed by atoms with Gasteiger partial charge in [-0.1, -0.05) is 41.7 Å². The van der Waals surface area contributed by atoms with Gasteiger partial charge in [0.2, 0.25) is 0 Å². The van der Waals surface area contributed by atoms with Crippen molar-refractivity contribution >= 4 is 40.2 Å². The first kappa shape index (κ1) is 24.3. The summed E-state index contributed by atoms with van der Waals surface area (Å²) in [6.07, 6.45) is 0. The molecule has 1 atom stereocenters. The molecule has 2 aliphatic rings. The van der Waals surface area contributed by atoms with Crippen LogP contribution in [0.5, 0.6) is 0 Å². The molecule has 1 amide bonds. The summed E-state index contributed by atoms with van der Waals surface area (Å²) in [6.45, 7) is 5.68. The van der Waals surface area contributed by atoms with Crippen molar-refractivity contribution in [3.63, 3.8) is 0 Å². The van der Waals surface area contributed by atoms with Gasteiger partial charge in [-0.15, -0.1) is 0 Å². The van der Waals surface area contributed by atoms with E-state index in [-0.39, 0.29) is 38.7 Å². The van der Waals surface area contributed by atoms with Gasteiger partial charge in [0.1, 0.15) is 4.53 Å². The number of allylic oxidation sites excluding steroid dienone is 1. The predicted octanol–water partition coefficient (Wildman–Crippen LogP) is 2.44. The highest BCUT2D eigenvalue weighted by Gasteiger charge is 2.37. The first-order valence-corrected chi connectivity index (χ1v) is 12.5. The molecule has 0 aliphatic carbocycles. The van der Waals surface area contributed by atoms with Crippen LogP contribution < -0.4 is 19.8 Å². The number of esters is 1. The number of likely N-dealkylation sites (N-methyl/N-ethyl adjacent to an activating group) is 1. The number of nitro benzene ring substituents is 1. The Hall–Kier alpha value is -4.38. The number of rotatable bonds is 5. The van der Waals surface area contributed by atoms with E-state index in [9.17, 15) is 24.5 Å². The maximum atomic E-state index is 14.0. The molecule has 11 heteroatoms. The van der Waals surface area contributed by atoms with Gasteiger partial charge in [-0.25, -0.2) is 9.79 Å². The first-order chi connectivity index (χ1) is 17.8. The summed E-state index contributed by atoms with van der Waals surface area (Å²) in [5.41, 5.74) is 1.75. The number of anilines is 1. The van der Waals surface area contributed by atoms with E-state index < -0.39 is 22.5 Å². The average Bonchev–Trinajstić information content (AvgIpc) is 3.35. The Morgan fingerprint density at radius 2 is 1.92 bits per heavy atom. The number of carbonyl (C=O) groups is 2. The molecule has 0 unspecified atom stereocenters. The first-order valence-electron chi connectivity index (χ1n) is 11.7. The zero-order valence-corrected chi connectivity index (χ0v) is 21.1. The summed E-state index contributed by atoms with van der Waals surface area (Å²) in [6, 6.07) is 12.0. The monoisotopic (exact) mass is 518 g/mol. The SMILES string of the molecule is CCOC(=O)C1=C(C)N=c2s/c(=C3\C(=O)N(CC)c4ccccc43)c(=O)n2[C@@H]1c1cccc([N+](=O)[O-])c1. The van der Waals surface area contributed by atoms with Crippen molar-refractivity contribution in [2.24, 2.45) is 4.99 Å². The number of carbonyl (C=O) groups excluding carboxylic acids is 2. The molecule has 1 aromatic heterocycles. The lowest BCUT2D eigenvalue weighted by atomic mass is 9.95. The summed E-state index contributed by atoms with van der Waals surface area (Å²) < 4.78 is 6.79. The van der Waals surface area contributed by atoms with Gasteiger partial charge in [0, 0.05) is 24.2 Å². The minimum atomic E-state index is -1.02. The number of non-ortho nitro benzene ring substituents is 1. The molecule has 2 aliphatic heterocycles. The third kappa shape index (κ3) is 3.78. The maximum absolute atomic E-state index is 14.0. The number of nitrogens with zero attached hydrogens (tertiary/aromatic N) is 4. The summed E-state index contributed by atoms with van der Waals surface area (Å²) in [5, 5.41) is 11.5. The third-order valence-corrected chi connectivity index (χ3v) is 7.41. The van der Waals surface area contributed by atoms with E-state index in [2.05, 4.69) is 4.99 Å². The molecule has 10 nitrogen and oxygen atoms in total. The van der Waals surface area contributed by atoms with Crippen LogP contribution in [0.15, 0.2) is 69.6 Å². The maximum Gasteiger partial charge on any atom is 0.338 e. The molecule has 0 radical (unpaired) electrons. The Morgan fingerprint density at radius 1 is 1.16 bits per heavy atom. The number of nitro groups is 1. The van der Waals surface area contributed by atoms with E-state index in [0.717, 1.165) is 17.0 Å². The molecule has 0 bridgehead atoms. The van der Waals surface area contributed by atoms with E-state index in [4.69, 9.17) is 4.74 Å². The number of fused-ring (bicyclic) bond motifs is 2. The predicted molar refractivity (Wildman–Crippen MR) is 137 cm³/mol. The van der Waals surface area contributed by atoms with Crippen LogP contribution in [0.25, 0.3) is 5.57 Å². The fourth-order valence-electron chi connectivity index (χ4n) is 4.78. The fourth-order valence-corrected chi connectivity index (χ4v) is 5.92. The van der Waals surface area contributed by atoms with Gasteiger partial charge in [0.05, 0.1) is 40.1 Å². The Labute approximate surface area is 214 Å². The number of para-hydroxylation sites is 1. The van der Waals surface area contributed by atoms with E-state index in [1.54, 1.807) is 36.9 Å². The van der Waals surface area contributed by atoms with Gasteiger partial charge in [-0.2, -0.15) is 0 Å². The molecule has 0 saturated carbocycles. The molecule has 0 spiro atoms. The van der Waals surface area contributed by atoms with E-state index >= 15 is 0 Å². The van der Waals surface area contributed by atoms with Crippen LogP contribution in [0.1, 0.15) is 37.9 Å². The van der Waals surface area contributed by atoms with Crippen molar-refractivity contribution in [3.8, 4) is 0 Å². The second-order valence-electron chi connectivity index (χ2n) is 8.42. The lowest BCUT2D eigenvalue weighted by Gasteiger charge is -2.24. The average molecular weight is 519 g/mol. The number of benzene rings is 2. The number of thiazole rings is 1. The Morgan fingerprint density at radius 3 is 2.62 bits per heavy atom. The van der Waals surface area contributed by atoms with Gasteiger partial charge >= 0.3 is 5.97 Å². The summed E-state index contributed by atoms with van der Waals surface area (Å²) in [7, 11) is 0. The third-order valence-electron chi connectivity index (χ3n) is 6.36. The van der Waals surface area contributed by atoms with Crippen LogP contribution in [0.3, 0.4) is 0 Å². The summed E-state index contributed by atoms with van der Waals surface area (Å²) >= 11 is 1.06. The molecule has 0 saturated heterocycles. The Balaban J connectivity index is 1.84. The molecule has 0 N–H and O–H groups in total. The number of amides is 1. The van der Waals surface area contributed by atoms with Crippen molar-refractivity contribution in [2.75, 3.05) is 18.1 Å². The van der Waals surface area contributed by atoms with Crippen molar-refractivity contribution in [3.05, 3.63) is 101 Å². The molecule has 3 heterocycles. The van der Waals surface area contributed by atoms with Crippen LogP contribution in [-0.4, -0.2) is 34.5 Å². The lowest BCUT2D eigenvalue weighted by Crippen LogP contribution is -2.41. The lowest BCUT2D eigenvalue weighted by molar-refractivity contribution is -0.384. The summed E-state index contributed by atoms with van der Waals surface area (Å²) in [5.74, 6) is -0.958. The number of aromatic nitrogens is 1. The van der Waals surface area contributed by atoms with Gasteiger partial charge in [-0.05, 0) is 32.4 Å². The highest BCUT2D eigenvalue weighted by molar-refractivity contribution is 7.07.